The van der Waals surface area contributed by atoms with Gasteiger partial charge in [0, 0.05) is 11.6 Å². The van der Waals surface area contributed by atoms with Crippen LogP contribution in [-0.4, -0.2) is 40.5 Å². The molecule has 26 heavy (non-hydrogen) atoms. The highest BCUT2D eigenvalue weighted by Crippen LogP contribution is 2.27. The van der Waals surface area contributed by atoms with Gasteiger partial charge in [0.15, 0.2) is 5.69 Å². The van der Waals surface area contributed by atoms with Crippen molar-refractivity contribution in [1.29, 1.82) is 0 Å². The lowest BCUT2D eigenvalue weighted by Gasteiger charge is -2.34. The van der Waals surface area contributed by atoms with Crippen molar-refractivity contribution in [3.63, 3.8) is 0 Å². The average molecular weight is 398 g/mol. The summed E-state index contributed by atoms with van der Waals surface area (Å²) in [5.41, 5.74) is 2.12. The van der Waals surface area contributed by atoms with E-state index in [9.17, 15) is 4.79 Å². The van der Waals surface area contributed by atoms with Gasteiger partial charge in [0.05, 0.1) is 11.4 Å². The maximum Gasteiger partial charge on any atom is 0.273 e. The van der Waals surface area contributed by atoms with Crippen LogP contribution in [0.3, 0.4) is 0 Å². The van der Waals surface area contributed by atoms with Gasteiger partial charge in [0.25, 0.3) is 5.91 Å². The van der Waals surface area contributed by atoms with Gasteiger partial charge < -0.3 is 10.6 Å². The summed E-state index contributed by atoms with van der Waals surface area (Å²) in [6.45, 7) is 6.86. The van der Waals surface area contributed by atoms with Crippen molar-refractivity contribution in [3.8, 4) is 5.69 Å². The second-order valence-corrected chi connectivity index (χ2v) is 7.31. The highest BCUT2D eigenvalue weighted by Gasteiger charge is 2.28. The number of carbonyl (C=O) groups is 1. The minimum atomic E-state index is -0.162. The van der Waals surface area contributed by atoms with E-state index in [4.69, 9.17) is 11.6 Å². The van der Waals surface area contributed by atoms with Crippen LogP contribution in [0.4, 0.5) is 0 Å². The number of piperidine rings is 1. The summed E-state index contributed by atoms with van der Waals surface area (Å²) in [6.07, 6.45) is 2.77. The van der Waals surface area contributed by atoms with Crippen LogP contribution in [0.5, 0.6) is 0 Å². The van der Waals surface area contributed by atoms with E-state index in [0.717, 1.165) is 37.3 Å². The Balaban J connectivity index is 0.00000243. The molecule has 1 aromatic heterocycles. The molecule has 1 aromatic carbocycles. The molecule has 142 valence electrons. The fourth-order valence-corrected chi connectivity index (χ4v) is 3.38. The van der Waals surface area contributed by atoms with Gasteiger partial charge in [-0.2, -0.15) is 0 Å². The molecule has 1 fully saturated rings. The average Bonchev–Trinajstić information content (AvgIpc) is 3.04. The Labute approximate surface area is 165 Å². The molecule has 2 aromatic rings. The summed E-state index contributed by atoms with van der Waals surface area (Å²) in [5, 5.41) is 15.3. The number of nitrogens with zero attached hydrogens (tertiary/aromatic N) is 3. The molecule has 0 bridgehead atoms. The Kier molecular flexibility index (Phi) is 7.03. The second-order valence-electron chi connectivity index (χ2n) is 6.87. The number of benzene rings is 1. The molecule has 0 spiro atoms. The predicted molar refractivity (Wildman–Crippen MR) is 106 cm³/mol. The van der Waals surface area contributed by atoms with Gasteiger partial charge in [-0.3, -0.25) is 4.79 Å². The summed E-state index contributed by atoms with van der Waals surface area (Å²) in [5.74, 6) is -0.162. The van der Waals surface area contributed by atoms with E-state index in [2.05, 4.69) is 27.9 Å². The van der Waals surface area contributed by atoms with Crippen LogP contribution in [0.25, 0.3) is 5.69 Å². The molecule has 1 aliphatic rings. The fourth-order valence-electron chi connectivity index (χ4n) is 3.19. The predicted octanol–water partition coefficient (Wildman–Crippen LogP) is 3.02. The van der Waals surface area contributed by atoms with E-state index in [-0.39, 0.29) is 23.7 Å². The number of amides is 1. The van der Waals surface area contributed by atoms with Gasteiger partial charge in [-0.05, 0) is 56.0 Å². The van der Waals surface area contributed by atoms with Crippen molar-refractivity contribution in [1.82, 2.24) is 25.6 Å². The van der Waals surface area contributed by atoms with Gasteiger partial charge in [-0.25, -0.2) is 4.68 Å². The molecule has 0 aliphatic carbocycles. The number of rotatable bonds is 5. The monoisotopic (exact) mass is 397 g/mol. The molecule has 1 saturated heterocycles. The van der Waals surface area contributed by atoms with Crippen LogP contribution in [-0.2, 0) is 6.42 Å². The summed E-state index contributed by atoms with van der Waals surface area (Å²) in [4.78, 5) is 12.7. The van der Waals surface area contributed by atoms with Crippen molar-refractivity contribution in [2.75, 3.05) is 19.6 Å². The molecule has 3 rings (SSSR count). The summed E-state index contributed by atoms with van der Waals surface area (Å²) in [6, 6.07) is 7.38. The molecule has 2 heterocycles. The van der Waals surface area contributed by atoms with Gasteiger partial charge in [-0.15, -0.1) is 17.5 Å². The van der Waals surface area contributed by atoms with Crippen molar-refractivity contribution in [2.45, 2.75) is 33.1 Å². The topological polar surface area (TPSA) is 71.8 Å². The van der Waals surface area contributed by atoms with Gasteiger partial charge in [0.1, 0.15) is 0 Å². The molecule has 1 aliphatic heterocycles. The maximum atomic E-state index is 12.7. The lowest BCUT2D eigenvalue weighted by Crippen LogP contribution is -2.43. The normalized spacial score (nSPS) is 16.0. The zero-order valence-corrected chi connectivity index (χ0v) is 16.7. The van der Waals surface area contributed by atoms with Crippen molar-refractivity contribution in [3.05, 3.63) is 40.7 Å². The molecule has 0 saturated carbocycles. The number of hydrogen-bond donors (Lipinski definition) is 2. The highest BCUT2D eigenvalue weighted by molar-refractivity contribution is 6.30. The van der Waals surface area contributed by atoms with Crippen LogP contribution in [0.2, 0.25) is 5.02 Å². The standard InChI is InChI=1S/C18H24ClN5O.ClH/c1-3-15-16(17(25)21-12-18(2)7-9-20-10-8-18)22-23-24(15)14-6-4-5-13(19)11-14;/h4-6,11,20H,3,7-10,12H2,1-2H3,(H,21,25);1H. The molecule has 2 N–H and O–H groups in total. The quantitative estimate of drug-likeness (QED) is 0.812. The second kappa shape index (κ2) is 8.84. The first-order chi connectivity index (χ1) is 12.0. The van der Waals surface area contributed by atoms with Crippen LogP contribution in [0, 0.1) is 5.41 Å². The lowest BCUT2D eigenvalue weighted by molar-refractivity contribution is 0.0916. The third-order valence-electron chi connectivity index (χ3n) is 4.85. The van der Waals surface area contributed by atoms with E-state index in [0.29, 0.717) is 23.7 Å². The largest absolute Gasteiger partial charge is 0.350 e. The SMILES string of the molecule is CCc1c(C(=O)NCC2(C)CCNCC2)nnn1-c1cccc(Cl)c1.Cl. The number of halogens is 2. The van der Waals surface area contributed by atoms with Crippen molar-refractivity contribution in [2.24, 2.45) is 5.41 Å². The van der Waals surface area contributed by atoms with Crippen LogP contribution in [0.1, 0.15) is 42.9 Å². The van der Waals surface area contributed by atoms with Crippen LogP contribution in [0.15, 0.2) is 24.3 Å². The number of nitrogens with one attached hydrogen (secondary N) is 2. The first kappa shape index (κ1) is 20.7. The van der Waals surface area contributed by atoms with Crippen LogP contribution < -0.4 is 10.6 Å². The van der Waals surface area contributed by atoms with Crippen molar-refractivity contribution >= 4 is 29.9 Å². The molecular weight excluding hydrogens is 373 g/mol. The Morgan fingerprint density at radius 1 is 1.38 bits per heavy atom. The molecule has 0 radical (unpaired) electrons. The summed E-state index contributed by atoms with van der Waals surface area (Å²) in [7, 11) is 0. The van der Waals surface area contributed by atoms with E-state index in [1.54, 1.807) is 10.7 Å². The third kappa shape index (κ3) is 4.55. The number of carbonyl (C=O) groups excluding carboxylic acids is 1. The molecule has 0 atom stereocenters. The smallest absolute Gasteiger partial charge is 0.273 e. The van der Waals surface area contributed by atoms with Crippen LogP contribution >= 0.6 is 24.0 Å². The molecule has 1 amide bonds. The third-order valence-corrected chi connectivity index (χ3v) is 5.09. The Morgan fingerprint density at radius 3 is 2.77 bits per heavy atom. The molecule has 6 nitrogen and oxygen atoms in total. The number of hydrogen-bond acceptors (Lipinski definition) is 4. The first-order valence-electron chi connectivity index (χ1n) is 8.72. The Morgan fingerprint density at radius 2 is 2.12 bits per heavy atom. The lowest BCUT2D eigenvalue weighted by atomic mass is 9.81. The first-order valence-corrected chi connectivity index (χ1v) is 9.10. The van der Waals surface area contributed by atoms with Crippen molar-refractivity contribution < 1.29 is 4.79 Å². The molecule has 0 unspecified atom stereocenters. The van der Waals surface area contributed by atoms with E-state index >= 15 is 0 Å². The summed E-state index contributed by atoms with van der Waals surface area (Å²) >= 11 is 6.06. The molecular formula is C18H25Cl2N5O. The highest BCUT2D eigenvalue weighted by atomic mass is 35.5. The van der Waals surface area contributed by atoms with Gasteiger partial charge in [0.2, 0.25) is 0 Å². The van der Waals surface area contributed by atoms with Gasteiger partial charge in [-0.1, -0.05) is 36.7 Å². The van der Waals surface area contributed by atoms with E-state index in [1.165, 1.54) is 0 Å². The van der Waals surface area contributed by atoms with E-state index in [1.807, 2.05) is 25.1 Å². The minimum Gasteiger partial charge on any atom is -0.350 e. The zero-order chi connectivity index (χ0) is 17.9. The summed E-state index contributed by atoms with van der Waals surface area (Å²) < 4.78 is 1.69. The van der Waals surface area contributed by atoms with Gasteiger partial charge >= 0.3 is 0 Å². The number of aromatic nitrogens is 3. The minimum absolute atomic E-state index is 0. The van der Waals surface area contributed by atoms with E-state index < -0.39 is 0 Å². The zero-order valence-electron chi connectivity index (χ0n) is 15.1. The Bertz CT molecular complexity index is 756. The maximum absolute atomic E-state index is 12.7. The Hall–Kier alpha value is -1.63. The fraction of sp³-hybridized carbons (Fsp3) is 0.500. The molecule has 8 heteroatoms.